The van der Waals surface area contributed by atoms with Crippen LogP contribution in [0.4, 0.5) is 0 Å². The Kier molecular flexibility index (Phi) is 3.22. The molecule has 132 valence electrons. The smallest absolute Gasteiger partial charge is 0.0653 e. The molecule has 4 aliphatic rings. The van der Waals surface area contributed by atoms with Crippen molar-refractivity contribution >= 4 is 0 Å². The van der Waals surface area contributed by atoms with E-state index >= 15 is 0 Å². The maximum absolute atomic E-state index is 11.2. The van der Waals surface area contributed by atoms with Gasteiger partial charge in [-0.2, -0.15) is 0 Å². The fraction of sp³-hybridized carbons (Fsp3) is 1.00. The summed E-state index contributed by atoms with van der Waals surface area (Å²) in [6, 6.07) is 0. The minimum absolute atomic E-state index is 0.00970. The van der Waals surface area contributed by atoms with Crippen LogP contribution in [0.15, 0.2) is 0 Å². The molecule has 0 aromatic heterocycles. The summed E-state index contributed by atoms with van der Waals surface area (Å²) in [5, 5.41) is 32.6. The van der Waals surface area contributed by atoms with Crippen LogP contribution in [0.2, 0.25) is 0 Å². The highest BCUT2D eigenvalue weighted by molar-refractivity contribution is 5.18. The third-order valence-corrected chi connectivity index (χ3v) is 8.57. The van der Waals surface area contributed by atoms with E-state index in [2.05, 4.69) is 20.8 Å². The molecule has 0 aliphatic heterocycles. The monoisotopic (exact) mass is 322 g/mol. The molecule has 0 radical (unpaired) electrons. The van der Waals surface area contributed by atoms with E-state index in [0.29, 0.717) is 11.8 Å². The van der Waals surface area contributed by atoms with Crippen molar-refractivity contribution < 1.29 is 15.3 Å². The van der Waals surface area contributed by atoms with Gasteiger partial charge in [-0.25, -0.2) is 0 Å². The summed E-state index contributed by atoms with van der Waals surface area (Å²) in [6.07, 6.45) is 6.08. The second kappa shape index (κ2) is 4.53. The summed E-state index contributed by atoms with van der Waals surface area (Å²) < 4.78 is 0. The van der Waals surface area contributed by atoms with E-state index in [9.17, 15) is 15.3 Å². The highest BCUT2D eigenvalue weighted by Crippen LogP contribution is 2.72. The summed E-state index contributed by atoms with van der Waals surface area (Å²) in [6.45, 7) is 8.81. The molecule has 4 fully saturated rings. The summed E-state index contributed by atoms with van der Waals surface area (Å²) in [5.41, 5.74) is -0.514. The molecular formula is C20H34O3. The molecule has 0 aromatic rings. The van der Waals surface area contributed by atoms with Crippen molar-refractivity contribution in [1.29, 1.82) is 0 Å². The van der Waals surface area contributed by atoms with Crippen molar-refractivity contribution in [1.82, 2.24) is 0 Å². The van der Waals surface area contributed by atoms with Crippen LogP contribution in [-0.2, 0) is 0 Å². The van der Waals surface area contributed by atoms with E-state index in [1.54, 1.807) is 0 Å². The molecule has 4 rings (SSSR count). The van der Waals surface area contributed by atoms with Gasteiger partial charge in [-0.3, -0.25) is 0 Å². The van der Waals surface area contributed by atoms with E-state index in [0.717, 1.165) is 44.9 Å². The normalized spacial score (nSPS) is 60.9. The molecule has 0 saturated heterocycles. The van der Waals surface area contributed by atoms with Gasteiger partial charge >= 0.3 is 0 Å². The van der Waals surface area contributed by atoms with Crippen molar-refractivity contribution in [3.63, 3.8) is 0 Å². The first kappa shape index (κ1) is 16.4. The average Bonchev–Trinajstić information content (AvgIpc) is 2.51. The van der Waals surface area contributed by atoms with Crippen LogP contribution < -0.4 is 0 Å². The van der Waals surface area contributed by atoms with Gasteiger partial charge in [0.05, 0.1) is 17.8 Å². The molecule has 3 nitrogen and oxygen atoms in total. The van der Waals surface area contributed by atoms with Crippen molar-refractivity contribution in [2.75, 3.05) is 0 Å². The zero-order valence-electron chi connectivity index (χ0n) is 15.2. The number of hydrogen-bond donors (Lipinski definition) is 3. The number of hydrogen-bond acceptors (Lipinski definition) is 3. The highest BCUT2D eigenvalue weighted by atomic mass is 16.3. The van der Waals surface area contributed by atoms with Gasteiger partial charge in [-0.15, -0.1) is 0 Å². The fourth-order valence-corrected chi connectivity index (χ4v) is 8.51. The minimum Gasteiger partial charge on any atom is -0.393 e. The molecule has 2 bridgehead atoms. The van der Waals surface area contributed by atoms with Crippen molar-refractivity contribution in [2.24, 2.45) is 34.0 Å². The first-order valence-electron chi connectivity index (χ1n) is 9.59. The number of fused-ring (bicyclic) bond motifs is 3. The third-order valence-electron chi connectivity index (χ3n) is 8.57. The van der Waals surface area contributed by atoms with Gasteiger partial charge in [0.2, 0.25) is 0 Å². The number of aliphatic hydroxyl groups excluding tert-OH is 2. The topological polar surface area (TPSA) is 60.7 Å². The highest BCUT2D eigenvalue weighted by Gasteiger charge is 2.69. The van der Waals surface area contributed by atoms with Crippen LogP contribution >= 0.6 is 0 Å². The van der Waals surface area contributed by atoms with Crippen molar-refractivity contribution in [3.05, 3.63) is 0 Å². The Morgan fingerprint density at radius 2 is 1.57 bits per heavy atom. The SMILES string of the molecule is CC1(C)CC(O)C[C@]2(C)C1C(O)C[C@@]13CC(CCC12)[C@](C)(O)C3. The predicted octanol–water partition coefficient (Wildman–Crippen LogP) is 3.11. The first-order chi connectivity index (χ1) is 10.5. The molecule has 0 amide bonds. The summed E-state index contributed by atoms with van der Waals surface area (Å²) in [5.74, 6) is 1.19. The van der Waals surface area contributed by atoms with Crippen LogP contribution in [0.1, 0.15) is 72.6 Å². The Labute approximate surface area is 140 Å². The fourth-order valence-electron chi connectivity index (χ4n) is 8.51. The Bertz CT molecular complexity index is 513. The molecule has 0 heterocycles. The van der Waals surface area contributed by atoms with Crippen LogP contribution in [0.5, 0.6) is 0 Å². The van der Waals surface area contributed by atoms with E-state index in [-0.39, 0.29) is 34.4 Å². The Morgan fingerprint density at radius 3 is 2.26 bits per heavy atom. The molecule has 8 atom stereocenters. The quantitative estimate of drug-likeness (QED) is 0.642. The zero-order chi connectivity index (χ0) is 16.8. The molecule has 23 heavy (non-hydrogen) atoms. The van der Waals surface area contributed by atoms with Crippen LogP contribution in [0, 0.1) is 34.0 Å². The van der Waals surface area contributed by atoms with Crippen LogP contribution in [0.25, 0.3) is 0 Å². The maximum Gasteiger partial charge on any atom is 0.0653 e. The summed E-state index contributed by atoms with van der Waals surface area (Å²) in [4.78, 5) is 0. The van der Waals surface area contributed by atoms with Crippen LogP contribution in [-0.4, -0.2) is 33.1 Å². The Balaban J connectivity index is 1.79. The molecule has 4 saturated carbocycles. The summed E-state index contributed by atoms with van der Waals surface area (Å²) >= 11 is 0. The lowest BCUT2D eigenvalue weighted by Crippen LogP contribution is -2.63. The lowest BCUT2D eigenvalue weighted by molar-refractivity contribution is -0.216. The number of rotatable bonds is 0. The number of aliphatic hydroxyl groups is 3. The molecule has 0 aromatic carbocycles. The average molecular weight is 322 g/mol. The minimum atomic E-state index is -0.569. The van der Waals surface area contributed by atoms with Gasteiger partial charge in [-0.05, 0) is 85.9 Å². The second-order valence-electron chi connectivity index (χ2n) is 10.7. The van der Waals surface area contributed by atoms with E-state index in [1.807, 2.05) is 6.92 Å². The maximum atomic E-state index is 11.2. The van der Waals surface area contributed by atoms with Gasteiger partial charge in [0.15, 0.2) is 0 Å². The van der Waals surface area contributed by atoms with Gasteiger partial charge in [0, 0.05) is 0 Å². The predicted molar refractivity (Wildman–Crippen MR) is 89.7 cm³/mol. The third kappa shape index (κ3) is 2.05. The van der Waals surface area contributed by atoms with Gasteiger partial charge in [0.25, 0.3) is 0 Å². The lowest BCUT2D eigenvalue weighted by Gasteiger charge is -2.66. The zero-order valence-corrected chi connectivity index (χ0v) is 15.2. The molecule has 4 aliphatic carbocycles. The molecule has 1 spiro atoms. The van der Waals surface area contributed by atoms with Gasteiger partial charge in [0.1, 0.15) is 0 Å². The van der Waals surface area contributed by atoms with E-state index in [4.69, 9.17) is 0 Å². The molecule has 3 N–H and O–H groups in total. The lowest BCUT2D eigenvalue weighted by atomic mass is 9.40. The largest absolute Gasteiger partial charge is 0.393 e. The Morgan fingerprint density at radius 1 is 0.870 bits per heavy atom. The van der Waals surface area contributed by atoms with Crippen molar-refractivity contribution in [2.45, 2.75) is 90.4 Å². The van der Waals surface area contributed by atoms with Crippen LogP contribution in [0.3, 0.4) is 0 Å². The van der Waals surface area contributed by atoms with E-state index in [1.165, 1.54) is 0 Å². The standard InChI is InChI=1S/C20H34O3/c1-17(2)8-13(21)9-18(3)15-6-5-12-7-20(15,11-19(12,4)23)10-14(22)16(17)18/h12-16,21-23H,5-11H2,1-4H3/t12?,13?,14?,15?,16?,18-,19+,20+/m0/s1. The summed E-state index contributed by atoms with van der Waals surface area (Å²) in [7, 11) is 0. The molecule has 5 unspecified atom stereocenters. The molecule has 3 heteroatoms. The molecular weight excluding hydrogens is 288 g/mol. The van der Waals surface area contributed by atoms with Gasteiger partial charge < -0.3 is 15.3 Å². The first-order valence-corrected chi connectivity index (χ1v) is 9.59. The van der Waals surface area contributed by atoms with E-state index < -0.39 is 5.60 Å². The van der Waals surface area contributed by atoms with Crippen molar-refractivity contribution in [3.8, 4) is 0 Å². The van der Waals surface area contributed by atoms with Gasteiger partial charge in [-0.1, -0.05) is 20.8 Å². The second-order valence-corrected chi connectivity index (χ2v) is 10.7. The Hall–Kier alpha value is -0.120.